The summed E-state index contributed by atoms with van der Waals surface area (Å²) in [6, 6.07) is 5.42. The van der Waals surface area contributed by atoms with E-state index in [1.807, 2.05) is 12.1 Å². The largest absolute Gasteiger partial charge is 0.481 e. The minimum absolute atomic E-state index is 0.0488. The lowest BCUT2D eigenvalue weighted by Crippen LogP contribution is -2.29. The average Bonchev–Trinajstić information content (AvgIpc) is 2.75. The predicted octanol–water partition coefficient (Wildman–Crippen LogP) is 3.15. The lowest BCUT2D eigenvalue weighted by molar-refractivity contribution is -0.138. The van der Waals surface area contributed by atoms with Gasteiger partial charge in [-0.15, -0.1) is 0 Å². The average molecular weight is 391 g/mol. The first-order chi connectivity index (χ1) is 8.97. The van der Waals surface area contributed by atoms with Crippen molar-refractivity contribution in [3.05, 3.63) is 32.7 Å². The van der Waals surface area contributed by atoms with Crippen molar-refractivity contribution < 1.29 is 14.7 Å². The van der Waals surface area contributed by atoms with Gasteiger partial charge in [-0.1, -0.05) is 15.9 Å². The van der Waals surface area contributed by atoms with Crippen LogP contribution in [0, 0.1) is 5.92 Å². The summed E-state index contributed by atoms with van der Waals surface area (Å²) in [6.07, 6.45) is 0.886. The van der Waals surface area contributed by atoms with Crippen LogP contribution < -0.4 is 0 Å². The minimum atomic E-state index is -0.802. The highest BCUT2D eigenvalue weighted by molar-refractivity contribution is 9.11. The van der Waals surface area contributed by atoms with E-state index in [0.29, 0.717) is 18.7 Å². The summed E-state index contributed by atoms with van der Waals surface area (Å²) in [5.41, 5.74) is 0.610. The second kappa shape index (κ2) is 6.05. The second-order valence-corrected chi connectivity index (χ2v) is 6.40. The Kier molecular flexibility index (Phi) is 4.62. The maximum atomic E-state index is 12.3. The van der Waals surface area contributed by atoms with Crippen LogP contribution in [0.25, 0.3) is 0 Å². The molecular weight excluding hydrogens is 378 g/mol. The third-order valence-corrected chi connectivity index (χ3v) is 4.35. The predicted molar refractivity (Wildman–Crippen MR) is 78.1 cm³/mol. The number of rotatable bonds is 3. The van der Waals surface area contributed by atoms with E-state index in [1.54, 1.807) is 11.0 Å². The van der Waals surface area contributed by atoms with Crippen LogP contribution in [0.1, 0.15) is 23.2 Å². The summed E-state index contributed by atoms with van der Waals surface area (Å²) in [5.74, 6) is -0.785. The van der Waals surface area contributed by atoms with Crippen molar-refractivity contribution in [3.8, 4) is 0 Å². The van der Waals surface area contributed by atoms with Crippen molar-refractivity contribution >= 4 is 43.7 Å². The first-order valence-electron chi connectivity index (χ1n) is 5.93. The molecule has 1 saturated heterocycles. The van der Waals surface area contributed by atoms with Gasteiger partial charge in [0, 0.05) is 28.5 Å². The van der Waals surface area contributed by atoms with Crippen LogP contribution in [0.15, 0.2) is 27.1 Å². The third kappa shape index (κ3) is 3.57. The van der Waals surface area contributed by atoms with E-state index in [1.165, 1.54) is 0 Å². The number of carbonyl (C=O) groups excluding carboxylic acids is 1. The molecular formula is C13H13Br2NO3. The lowest BCUT2D eigenvalue weighted by atomic mass is 10.1. The topological polar surface area (TPSA) is 57.6 Å². The van der Waals surface area contributed by atoms with Crippen molar-refractivity contribution in [2.75, 3.05) is 13.1 Å². The standard InChI is InChI=1S/C13H13Br2NO3/c14-9-1-2-10(11(15)6-9)13(19)16-4-3-8(7-16)5-12(17)18/h1-2,6,8H,3-5,7H2,(H,17,18). The van der Waals surface area contributed by atoms with Crippen LogP contribution in [0.2, 0.25) is 0 Å². The summed E-state index contributed by atoms with van der Waals surface area (Å²) in [6.45, 7) is 1.15. The molecule has 0 radical (unpaired) electrons. The van der Waals surface area contributed by atoms with E-state index in [-0.39, 0.29) is 18.2 Å². The maximum Gasteiger partial charge on any atom is 0.303 e. The molecule has 102 valence electrons. The number of benzene rings is 1. The van der Waals surface area contributed by atoms with Crippen LogP contribution >= 0.6 is 31.9 Å². The molecule has 1 heterocycles. The van der Waals surface area contributed by atoms with Gasteiger partial charge in [0.2, 0.25) is 0 Å². The number of amides is 1. The summed E-state index contributed by atoms with van der Waals surface area (Å²) >= 11 is 6.72. The van der Waals surface area contributed by atoms with Crippen molar-refractivity contribution in [3.63, 3.8) is 0 Å². The van der Waals surface area contributed by atoms with Gasteiger partial charge in [0.05, 0.1) is 5.56 Å². The first-order valence-corrected chi connectivity index (χ1v) is 7.52. The molecule has 4 nitrogen and oxygen atoms in total. The van der Waals surface area contributed by atoms with E-state index in [4.69, 9.17) is 5.11 Å². The number of hydrogen-bond donors (Lipinski definition) is 1. The van der Waals surface area contributed by atoms with Gasteiger partial charge >= 0.3 is 5.97 Å². The van der Waals surface area contributed by atoms with Gasteiger partial charge < -0.3 is 10.0 Å². The Balaban J connectivity index is 2.07. The molecule has 1 aromatic rings. The molecule has 0 aliphatic carbocycles. The van der Waals surface area contributed by atoms with Crippen molar-refractivity contribution in [1.82, 2.24) is 4.90 Å². The summed E-state index contributed by atoms with van der Waals surface area (Å²) in [4.78, 5) is 24.7. The number of nitrogens with zero attached hydrogens (tertiary/aromatic N) is 1. The number of halogens is 2. The monoisotopic (exact) mass is 389 g/mol. The molecule has 1 aliphatic rings. The van der Waals surface area contributed by atoms with Crippen LogP contribution in [0.3, 0.4) is 0 Å². The molecule has 0 saturated carbocycles. The molecule has 1 aliphatic heterocycles. The molecule has 0 aromatic heterocycles. The number of likely N-dealkylation sites (tertiary alicyclic amines) is 1. The summed E-state index contributed by atoms with van der Waals surface area (Å²) in [5, 5.41) is 8.77. The van der Waals surface area contributed by atoms with Crippen molar-refractivity contribution in [2.45, 2.75) is 12.8 Å². The van der Waals surface area contributed by atoms with Gasteiger partial charge in [-0.25, -0.2) is 0 Å². The molecule has 1 aromatic carbocycles. The van der Waals surface area contributed by atoms with Crippen molar-refractivity contribution in [2.24, 2.45) is 5.92 Å². The molecule has 19 heavy (non-hydrogen) atoms. The van der Waals surface area contributed by atoms with Gasteiger partial charge in [-0.3, -0.25) is 9.59 Å². The minimum Gasteiger partial charge on any atom is -0.481 e. The SMILES string of the molecule is O=C(O)CC1CCN(C(=O)c2ccc(Br)cc2Br)C1. The van der Waals surface area contributed by atoms with Gasteiger partial charge in [-0.2, -0.15) is 0 Å². The normalized spacial score (nSPS) is 18.6. The van der Waals surface area contributed by atoms with Gasteiger partial charge in [0.1, 0.15) is 0 Å². The van der Waals surface area contributed by atoms with Crippen LogP contribution in [-0.4, -0.2) is 35.0 Å². The highest BCUT2D eigenvalue weighted by Gasteiger charge is 2.29. The Bertz CT molecular complexity index is 519. The number of carboxylic acid groups (broad SMARTS) is 1. The zero-order chi connectivity index (χ0) is 14.0. The van der Waals surface area contributed by atoms with Crippen LogP contribution in [-0.2, 0) is 4.79 Å². The highest BCUT2D eigenvalue weighted by atomic mass is 79.9. The summed E-state index contributed by atoms with van der Waals surface area (Å²) in [7, 11) is 0. The van der Waals surface area contributed by atoms with E-state index in [0.717, 1.165) is 15.4 Å². The number of carbonyl (C=O) groups is 2. The van der Waals surface area contributed by atoms with E-state index in [2.05, 4.69) is 31.9 Å². The second-order valence-electron chi connectivity index (χ2n) is 4.63. The van der Waals surface area contributed by atoms with Crippen LogP contribution in [0.5, 0.6) is 0 Å². The Morgan fingerprint density at radius 2 is 2.11 bits per heavy atom. The molecule has 1 amide bonds. The molecule has 1 unspecified atom stereocenters. The van der Waals surface area contributed by atoms with E-state index >= 15 is 0 Å². The van der Waals surface area contributed by atoms with Crippen molar-refractivity contribution in [1.29, 1.82) is 0 Å². The molecule has 2 rings (SSSR count). The van der Waals surface area contributed by atoms with Gasteiger partial charge in [0.25, 0.3) is 5.91 Å². The van der Waals surface area contributed by atoms with Crippen LogP contribution in [0.4, 0.5) is 0 Å². The Morgan fingerprint density at radius 1 is 1.37 bits per heavy atom. The summed E-state index contributed by atoms with van der Waals surface area (Å²) < 4.78 is 1.65. The number of hydrogen-bond acceptors (Lipinski definition) is 2. The van der Waals surface area contributed by atoms with Gasteiger partial charge in [-0.05, 0) is 46.5 Å². The van der Waals surface area contributed by atoms with Gasteiger partial charge in [0.15, 0.2) is 0 Å². The van der Waals surface area contributed by atoms with E-state index < -0.39 is 5.97 Å². The number of aliphatic carboxylic acids is 1. The molecule has 6 heteroatoms. The zero-order valence-electron chi connectivity index (χ0n) is 10.1. The molecule has 1 atom stereocenters. The lowest BCUT2D eigenvalue weighted by Gasteiger charge is -2.17. The molecule has 0 bridgehead atoms. The Labute approximate surface area is 128 Å². The zero-order valence-corrected chi connectivity index (χ0v) is 13.3. The fourth-order valence-electron chi connectivity index (χ4n) is 2.26. The first kappa shape index (κ1) is 14.5. The molecule has 1 N–H and O–H groups in total. The fraction of sp³-hybridized carbons (Fsp3) is 0.385. The molecule has 0 spiro atoms. The molecule has 1 fully saturated rings. The quantitative estimate of drug-likeness (QED) is 0.862. The Hall–Kier alpha value is -0.880. The fourth-order valence-corrected chi connectivity index (χ4v) is 3.48. The van der Waals surface area contributed by atoms with E-state index in [9.17, 15) is 9.59 Å². The highest BCUT2D eigenvalue weighted by Crippen LogP contribution is 2.26. The smallest absolute Gasteiger partial charge is 0.303 e. The Morgan fingerprint density at radius 3 is 2.74 bits per heavy atom. The number of carboxylic acids is 1. The maximum absolute atomic E-state index is 12.3. The third-order valence-electron chi connectivity index (χ3n) is 3.20.